The van der Waals surface area contributed by atoms with Crippen LogP contribution in [0.4, 0.5) is 0 Å². The highest BCUT2D eigenvalue weighted by Crippen LogP contribution is 2.30. The summed E-state index contributed by atoms with van der Waals surface area (Å²) < 4.78 is 36.0. The fourth-order valence-electron chi connectivity index (χ4n) is 3.45. The van der Waals surface area contributed by atoms with Crippen molar-refractivity contribution in [2.45, 2.75) is 37.4 Å². The lowest BCUT2D eigenvalue weighted by molar-refractivity contribution is -0.130. The van der Waals surface area contributed by atoms with Crippen molar-refractivity contribution >= 4 is 27.5 Å². The van der Waals surface area contributed by atoms with E-state index in [1.807, 2.05) is 6.92 Å². The van der Waals surface area contributed by atoms with Crippen LogP contribution in [0.5, 0.6) is 11.5 Å². The van der Waals surface area contributed by atoms with Crippen molar-refractivity contribution in [3.63, 3.8) is 0 Å². The lowest BCUT2D eigenvalue weighted by Gasteiger charge is -2.28. The Hall–Kier alpha value is -2.34. The van der Waals surface area contributed by atoms with Gasteiger partial charge in [0.1, 0.15) is 17.2 Å². The first kappa shape index (κ1) is 23.3. The Morgan fingerprint density at radius 1 is 1.32 bits per heavy atom. The SMILES string of the molecule is CCCCN(C(=O)CSc1nnnn1-c1cc(OC)ccc1OC)C1CCS(=O)(=O)C1. The number of nitrogens with zero attached hydrogens (tertiary/aromatic N) is 5. The van der Waals surface area contributed by atoms with Gasteiger partial charge in [-0.05, 0) is 35.4 Å². The molecule has 1 unspecified atom stereocenters. The van der Waals surface area contributed by atoms with Crippen molar-refractivity contribution in [3.05, 3.63) is 18.2 Å². The lowest BCUT2D eigenvalue weighted by Crippen LogP contribution is -2.42. The maximum Gasteiger partial charge on any atom is 0.233 e. The molecule has 1 aliphatic heterocycles. The fraction of sp³-hybridized carbons (Fsp3) is 0.579. The van der Waals surface area contributed by atoms with E-state index in [1.54, 1.807) is 37.3 Å². The van der Waals surface area contributed by atoms with Crippen molar-refractivity contribution in [3.8, 4) is 17.2 Å². The first-order valence-electron chi connectivity index (χ1n) is 10.0. The smallest absolute Gasteiger partial charge is 0.233 e. The van der Waals surface area contributed by atoms with E-state index in [0.29, 0.717) is 35.3 Å². The van der Waals surface area contributed by atoms with E-state index in [4.69, 9.17) is 9.47 Å². The molecule has 31 heavy (non-hydrogen) atoms. The highest BCUT2D eigenvalue weighted by molar-refractivity contribution is 7.99. The summed E-state index contributed by atoms with van der Waals surface area (Å²) in [7, 11) is 0.0348. The molecule has 0 spiro atoms. The predicted molar refractivity (Wildman–Crippen MR) is 117 cm³/mol. The van der Waals surface area contributed by atoms with Gasteiger partial charge in [0.2, 0.25) is 11.1 Å². The number of sulfone groups is 1. The van der Waals surface area contributed by atoms with E-state index in [-0.39, 0.29) is 29.2 Å². The first-order valence-corrected chi connectivity index (χ1v) is 12.8. The Labute approximate surface area is 186 Å². The van der Waals surface area contributed by atoms with Gasteiger partial charge in [-0.1, -0.05) is 25.1 Å². The Bertz CT molecular complexity index is 1010. The molecule has 0 aliphatic carbocycles. The summed E-state index contributed by atoms with van der Waals surface area (Å²) in [6, 6.07) is 5.00. The standard InChI is InChI=1S/C19H27N5O5S2/c1-4-5-9-23(14-8-10-31(26,27)13-14)18(25)12-30-19-20-21-22-24(19)16-11-15(28-2)6-7-17(16)29-3/h6-7,11,14H,4-5,8-10,12-13H2,1-3H3. The van der Waals surface area contributed by atoms with E-state index >= 15 is 0 Å². The van der Waals surface area contributed by atoms with Crippen LogP contribution in [0.25, 0.3) is 5.69 Å². The van der Waals surface area contributed by atoms with Gasteiger partial charge in [0.25, 0.3) is 0 Å². The number of hydrogen-bond acceptors (Lipinski definition) is 9. The summed E-state index contributed by atoms with van der Waals surface area (Å²) in [6.45, 7) is 2.59. The summed E-state index contributed by atoms with van der Waals surface area (Å²) in [4.78, 5) is 14.7. The predicted octanol–water partition coefficient (Wildman–Crippen LogP) is 1.59. The number of amides is 1. The molecule has 0 bridgehead atoms. The van der Waals surface area contributed by atoms with E-state index in [2.05, 4.69) is 15.5 Å². The molecule has 3 rings (SSSR count). The van der Waals surface area contributed by atoms with Crippen molar-refractivity contribution in [2.75, 3.05) is 38.0 Å². The van der Waals surface area contributed by atoms with Gasteiger partial charge >= 0.3 is 0 Å². The maximum absolute atomic E-state index is 13.0. The molecule has 1 fully saturated rings. The molecule has 2 aromatic rings. The number of carbonyl (C=O) groups is 1. The van der Waals surface area contributed by atoms with Gasteiger partial charge in [0.05, 0.1) is 31.5 Å². The van der Waals surface area contributed by atoms with Gasteiger partial charge in [-0.25, -0.2) is 8.42 Å². The molecule has 0 saturated carbocycles. The fourth-order valence-corrected chi connectivity index (χ4v) is 5.95. The van der Waals surface area contributed by atoms with Crippen molar-refractivity contribution < 1.29 is 22.7 Å². The molecule has 170 valence electrons. The number of benzene rings is 1. The van der Waals surface area contributed by atoms with Crippen LogP contribution in [0.15, 0.2) is 23.4 Å². The molecule has 1 aromatic heterocycles. The molecular weight excluding hydrogens is 442 g/mol. The third kappa shape index (κ3) is 5.67. The number of hydrogen-bond donors (Lipinski definition) is 0. The van der Waals surface area contributed by atoms with Gasteiger partial charge < -0.3 is 14.4 Å². The van der Waals surface area contributed by atoms with Crippen molar-refractivity contribution in [1.82, 2.24) is 25.1 Å². The summed E-state index contributed by atoms with van der Waals surface area (Å²) in [5.74, 6) is 1.33. The number of ether oxygens (including phenoxy) is 2. The van der Waals surface area contributed by atoms with Crippen LogP contribution < -0.4 is 9.47 Å². The van der Waals surface area contributed by atoms with Crippen LogP contribution in [-0.4, -0.2) is 83.5 Å². The highest BCUT2D eigenvalue weighted by atomic mass is 32.2. The second-order valence-electron chi connectivity index (χ2n) is 7.20. The largest absolute Gasteiger partial charge is 0.497 e. The normalized spacial score (nSPS) is 17.5. The van der Waals surface area contributed by atoms with E-state index < -0.39 is 9.84 Å². The molecule has 0 radical (unpaired) electrons. The van der Waals surface area contributed by atoms with Crippen LogP contribution >= 0.6 is 11.8 Å². The zero-order chi connectivity index (χ0) is 22.4. The van der Waals surface area contributed by atoms with Gasteiger partial charge in [0, 0.05) is 18.7 Å². The van der Waals surface area contributed by atoms with Crippen LogP contribution in [0.3, 0.4) is 0 Å². The highest BCUT2D eigenvalue weighted by Gasteiger charge is 2.34. The molecule has 1 aliphatic rings. The number of tetrazole rings is 1. The molecule has 0 N–H and O–H groups in total. The molecule has 1 atom stereocenters. The van der Waals surface area contributed by atoms with E-state index in [1.165, 1.54) is 16.4 Å². The average Bonchev–Trinajstić information content (AvgIpc) is 3.37. The summed E-state index contributed by atoms with van der Waals surface area (Å²) in [6.07, 6.45) is 2.23. The molecular formula is C19H27N5O5S2. The Balaban J connectivity index is 1.75. The summed E-state index contributed by atoms with van der Waals surface area (Å²) in [5, 5.41) is 12.2. The van der Waals surface area contributed by atoms with Gasteiger partial charge in [-0.15, -0.1) is 5.10 Å². The zero-order valence-corrected chi connectivity index (χ0v) is 19.5. The van der Waals surface area contributed by atoms with Crippen molar-refractivity contribution in [2.24, 2.45) is 0 Å². The summed E-state index contributed by atoms with van der Waals surface area (Å²) in [5.41, 5.74) is 0.589. The topological polar surface area (TPSA) is 117 Å². The third-order valence-corrected chi connectivity index (χ3v) is 7.76. The minimum atomic E-state index is -3.08. The molecule has 1 saturated heterocycles. The Kier molecular flexibility index (Phi) is 7.76. The van der Waals surface area contributed by atoms with Crippen molar-refractivity contribution in [1.29, 1.82) is 0 Å². The average molecular weight is 470 g/mol. The number of unbranched alkanes of at least 4 members (excludes halogenated alkanes) is 1. The monoisotopic (exact) mass is 469 g/mol. The van der Waals surface area contributed by atoms with Crippen LogP contribution in [0.1, 0.15) is 26.2 Å². The van der Waals surface area contributed by atoms with Gasteiger partial charge in [-0.2, -0.15) is 4.68 Å². The quantitative estimate of drug-likeness (QED) is 0.478. The Morgan fingerprint density at radius 3 is 2.77 bits per heavy atom. The number of aromatic nitrogens is 4. The molecule has 1 amide bonds. The summed E-state index contributed by atoms with van der Waals surface area (Å²) >= 11 is 1.20. The van der Waals surface area contributed by atoms with Gasteiger partial charge in [0.15, 0.2) is 9.84 Å². The second kappa shape index (κ2) is 10.3. The zero-order valence-electron chi connectivity index (χ0n) is 17.9. The maximum atomic E-state index is 13.0. The van der Waals surface area contributed by atoms with Crippen LogP contribution in [0, 0.1) is 0 Å². The lowest BCUT2D eigenvalue weighted by atomic mass is 10.2. The molecule has 2 heterocycles. The number of methoxy groups -OCH3 is 2. The Morgan fingerprint density at radius 2 is 2.13 bits per heavy atom. The van der Waals surface area contributed by atoms with Gasteiger partial charge in [-0.3, -0.25) is 4.79 Å². The van der Waals surface area contributed by atoms with E-state index in [9.17, 15) is 13.2 Å². The minimum Gasteiger partial charge on any atom is -0.497 e. The van der Waals surface area contributed by atoms with Crippen LogP contribution in [-0.2, 0) is 14.6 Å². The van der Waals surface area contributed by atoms with E-state index in [0.717, 1.165) is 12.8 Å². The first-order chi connectivity index (χ1) is 14.9. The number of thioether (sulfide) groups is 1. The number of rotatable bonds is 10. The molecule has 1 aromatic carbocycles. The minimum absolute atomic E-state index is 0.0336. The molecule has 10 nitrogen and oxygen atoms in total. The molecule has 12 heteroatoms. The second-order valence-corrected chi connectivity index (χ2v) is 10.4. The van der Waals surface area contributed by atoms with Crippen LogP contribution in [0.2, 0.25) is 0 Å². The number of carbonyl (C=O) groups excluding carboxylic acids is 1. The third-order valence-electron chi connectivity index (χ3n) is 5.10.